The molecule has 0 saturated heterocycles. The highest BCUT2D eigenvalue weighted by molar-refractivity contribution is 6.30. The second-order valence-electron chi connectivity index (χ2n) is 3.83. The molecule has 1 amide bonds. The van der Waals surface area contributed by atoms with Gasteiger partial charge in [-0.3, -0.25) is 4.79 Å². The van der Waals surface area contributed by atoms with Crippen LogP contribution in [0.15, 0.2) is 48.5 Å². The molecule has 0 aliphatic rings. The molecule has 2 aromatic rings. The van der Waals surface area contributed by atoms with Gasteiger partial charge in [-0.05, 0) is 37.3 Å². The second-order valence-corrected chi connectivity index (χ2v) is 4.27. The summed E-state index contributed by atoms with van der Waals surface area (Å²) in [5, 5.41) is 3.40. The Morgan fingerprint density at radius 2 is 1.82 bits per heavy atom. The van der Waals surface area contributed by atoms with Crippen LogP contribution in [0.2, 0.25) is 5.02 Å². The maximum atomic E-state index is 11.9. The summed E-state index contributed by atoms with van der Waals surface area (Å²) in [6.45, 7) is 1.98. The van der Waals surface area contributed by atoms with Gasteiger partial charge in [-0.2, -0.15) is 0 Å². The molecule has 17 heavy (non-hydrogen) atoms. The summed E-state index contributed by atoms with van der Waals surface area (Å²) in [5.74, 6) is -0.132. The molecule has 0 aliphatic heterocycles. The highest BCUT2D eigenvalue weighted by Gasteiger charge is 2.05. The first-order valence-electron chi connectivity index (χ1n) is 5.29. The molecule has 0 aliphatic carbocycles. The summed E-state index contributed by atoms with van der Waals surface area (Å²) in [4.78, 5) is 11.9. The Balaban J connectivity index is 2.14. The van der Waals surface area contributed by atoms with Crippen molar-refractivity contribution in [3.05, 3.63) is 64.7 Å². The Labute approximate surface area is 105 Å². The van der Waals surface area contributed by atoms with E-state index >= 15 is 0 Å². The number of carbonyl (C=O) groups is 1. The van der Waals surface area contributed by atoms with Crippen molar-refractivity contribution in [2.45, 2.75) is 6.92 Å². The highest BCUT2D eigenvalue weighted by Crippen LogP contribution is 2.16. The van der Waals surface area contributed by atoms with Crippen LogP contribution in [0.4, 0.5) is 5.69 Å². The third-order valence-electron chi connectivity index (χ3n) is 2.40. The molecule has 0 bridgehead atoms. The number of anilines is 1. The van der Waals surface area contributed by atoms with E-state index in [0.717, 1.165) is 5.56 Å². The van der Waals surface area contributed by atoms with Gasteiger partial charge in [0.2, 0.25) is 0 Å². The number of benzene rings is 2. The summed E-state index contributed by atoms with van der Waals surface area (Å²) in [6, 6.07) is 14.5. The Morgan fingerprint density at radius 1 is 1.12 bits per heavy atom. The Kier molecular flexibility index (Phi) is 3.45. The topological polar surface area (TPSA) is 29.1 Å². The van der Waals surface area contributed by atoms with Crippen LogP contribution in [0.25, 0.3) is 0 Å². The number of hydrogen-bond acceptors (Lipinski definition) is 1. The van der Waals surface area contributed by atoms with Gasteiger partial charge in [0.25, 0.3) is 5.91 Å². The molecule has 2 rings (SSSR count). The summed E-state index contributed by atoms with van der Waals surface area (Å²) in [5.41, 5.74) is 2.46. The molecule has 3 heteroatoms. The van der Waals surface area contributed by atoms with Gasteiger partial charge in [-0.15, -0.1) is 0 Å². The van der Waals surface area contributed by atoms with Crippen molar-refractivity contribution in [2.24, 2.45) is 0 Å². The Bertz CT molecular complexity index is 534. The monoisotopic (exact) mass is 245 g/mol. The van der Waals surface area contributed by atoms with Crippen LogP contribution in [-0.2, 0) is 0 Å². The minimum Gasteiger partial charge on any atom is -0.322 e. The van der Waals surface area contributed by atoms with Crippen molar-refractivity contribution in [1.29, 1.82) is 0 Å². The van der Waals surface area contributed by atoms with Crippen LogP contribution in [0.3, 0.4) is 0 Å². The molecule has 0 saturated carbocycles. The number of aryl methyl sites for hydroxylation is 1. The summed E-state index contributed by atoms with van der Waals surface area (Å²) in [7, 11) is 0. The summed E-state index contributed by atoms with van der Waals surface area (Å²) < 4.78 is 0. The van der Waals surface area contributed by atoms with E-state index in [-0.39, 0.29) is 5.91 Å². The van der Waals surface area contributed by atoms with Crippen molar-refractivity contribution in [3.8, 4) is 0 Å². The smallest absolute Gasteiger partial charge is 0.255 e. The zero-order chi connectivity index (χ0) is 12.3. The first kappa shape index (κ1) is 11.7. The van der Waals surface area contributed by atoms with Crippen LogP contribution in [-0.4, -0.2) is 5.91 Å². The van der Waals surface area contributed by atoms with E-state index in [2.05, 4.69) is 5.32 Å². The zero-order valence-corrected chi connectivity index (χ0v) is 10.2. The van der Waals surface area contributed by atoms with Crippen LogP contribution in [0.5, 0.6) is 0 Å². The molecule has 0 aromatic heterocycles. The molecular formula is C14H12ClNO. The van der Waals surface area contributed by atoms with Crippen molar-refractivity contribution >= 4 is 23.2 Å². The number of carbonyl (C=O) groups excluding carboxylic acids is 1. The van der Waals surface area contributed by atoms with Gasteiger partial charge < -0.3 is 5.32 Å². The standard InChI is InChI=1S/C14H12ClNO/c1-10-5-7-11(8-6-10)14(17)16-13-4-2-3-12(15)9-13/h2-9H,1H3,(H,16,17). The molecule has 1 N–H and O–H groups in total. The number of halogens is 1. The van der Waals surface area contributed by atoms with E-state index in [1.165, 1.54) is 0 Å². The predicted molar refractivity (Wildman–Crippen MR) is 70.6 cm³/mol. The van der Waals surface area contributed by atoms with Gasteiger partial charge in [-0.25, -0.2) is 0 Å². The maximum Gasteiger partial charge on any atom is 0.255 e. The maximum absolute atomic E-state index is 11.9. The van der Waals surface area contributed by atoms with Crippen molar-refractivity contribution < 1.29 is 4.79 Å². The van der Waals surface area contributed by atoms with Gasteiger partial charge in [0, 0.05) is 16.3 Å². The van der Waals surface area contributed by atoms with Crippen LogP contribution in [0.1, 0.15) is 15.9 Å². The molecule has 86 valence electrons. The lowest BCUT2D eigenvalue weighted by Crippen LogP contribution is -2.11. The minimum atomic E-state index is -0.132. The molecule has 0 atom stereocenters. The number of amides is 1. The number of rotatable bonds is 2. The molecule has 2 aromatic carbocycles. The predicted octanol–water partition coefficient (Wildman–Crippen LogP) is 3.90. The fourth-order valence-corrected chi connectivity index (χ4v) is 1.66. The van der Waals surface area contributed by atoms with E-state index in [4.69, 9.17) is 11.6 Å². The van der Waals surface area contributed by atoms with E-state index in [1.807, 2.05) is 19.1 Å². The lowest BCUT2D eigenvalue weighted by molar-refractivity contribution is 0.102. The third-order valence-corrected chi connectivity index (χ3v) is 2.63. The fourth-order valence-electron chi connectivity index (χ4n) is 1.47. The van der Waals surface area contributed by atoms with Gasteiger partial charge in [0.1, 0.15) is 0 Å². The Morgan fingerprint density at radius 3 is 2.47 bits per heavy atom. The van der Waals surface area contributed by atoms with Crippen LogP contribution >= 0.6 is 11.6 Å². The molecule has 0 unspecified atom stereocenters. The molecule has 0 fully saturated rings. The largest absolute Gasteiger partial charge is 0.322 e. The lowest BCUT2D eigenvalue weighted by atomic mass is 10.1. The van der Waals surface area contributed by atoms with Crippen molar-refractivity contribution in [2.75, 3.05) is 5.32 Å². The van der Waals surface area contributed by atoms with E-state index in [1.54, 1.807) is 36.4 Å². The quantitative estimate of drug-likeness (QED) is 0.854. The van der Waals surface area contributed by atoms with E-state index in [9.17, 15) is 4.79 Å². The highest BCUT2D eigenvalue weighted by atomic mass is 35.5. The second kappa shape index (κ2) is 5.02. The lowest BCUT2D eigenvalue weighted by Gasteiger charge is -2.05. The minimum absolute atomic E-state index is 0.132. The molecule has 2 nitrogen and oxygen atoms in total. The molecule has 0 heterocycles. The summed E-state index contributed by atoms with van der Waals surface area (Å²) >= 11 is 5.84. The average molecular weight is 246 g/mol. The van der Waals surface area contributed by atoms with E-state index in [0.29, 0.717) is 16.3 Å². The molecular weight excluding hydrogens is 234 g/mol. The van der Waals surface area contributed by atoms with Crippen molar-refractivity contribution in [3.63, 3.8) is 0 Å². The molecule has 0 spiro atoms. The Hall–Kier alpha value is -1.80. The van der Waals surface area contributed by atoms with Crippen LogP contribution < -0.4 is 5.32 Å². The average Bonchev–Trinajstić information content (AvgIpc) is 2.29. The normalized spacial score (nSPS) is 10.0. The van der Waals surface area contributed by atoms with Gasteiger partial charge in [-0.1, -0.05) is 35.4 Å². The zero-order valence-electron chi connectivity index (χ0n) is 9.41. The summed E-state index contributed by atoms with van der Waals surface area (Å²) in [6.07, 6.45) is 0. The van der Waals surface area contributed by atoms with Gasteiger partial charge >= 0.3 is 0 Å². The van der Waals surface area contributed by atoms with Gasteiger partial charge in [0.05, 0.1) is 0 Å². The van der Waals surface area contributed by atoms with Gasteiger partial charge in [0.15, 0.2) is 0 Å². The fraction of sp³-hybridized carbons (Fsp3) is 0.0714. The first-order chi connectivity index (χ1) is 8.15. The van der Waals surface area contributed by atoms with Crippen LogP contribution in [0, 0.1) is 6.92 Å². The molecule has 0 radical (unpaired) electrons. The number of hydrogen-bond donors (Lipinski definition) is 1. The van der Waals surface area contributed by atoms with E-state index < -0.39 is 0 Å². The first-order valence-corrected chi connectivity index (χ1v) is 5.66. The number of nitrogens with one attached hydrogen (secondary N) is 1. The van der Waals surface area contributed by atoms with Crippen molar-refractivity contribution in [1.82, 2.24) is 0 Å². The SMILES string of the molecule is Cc1ccc(C(=O)Nc2cccc(Cl)c2)cc1. The third kappa shape index (κ3) is 3.08.